The summed E-state index contributed by atoms with van der Waals surface area (Å²) in [6.07, 6.45) is 1.78. The summed E-state index contributed by atoms with van der Waals surface area (Å²) in [6.45, 7) is 0. The van der Waals surface area contributed by atoms with E-state index in [0.717, 1.165) is 10.5 Å². The summed E-state index contributed by atoms with van der Waals surface area (Å²) in [5, 5.41) is 3.49. The number of amides is 4. The number of halogens is 3. The maximum absolute atomic E-state index is 13.1. The predicted molar refractivity (Wildman–Crippen MR) is 133 cm³/mol. The molecule has 9 heteroatoms. The van der Waals surface area contributed by atoms with Gasteiger partial charge in [0.1, 0.15) is 11.3 Å². The lowest BCUT2D eigenvalue weighted by atomic mass is 10.00. The number of anilines is 1. The Kier molecular flexibility index (Phi) is 6.93. The third-order valence-electron chi connectivity index (χ3n) is 5.20. The molecule has 0 saturated carbocycles. The van der Waals surface area contributed by atoms with Gasteiger partial charge in [0.15, 0.2) is 0 Å². The zero-order valence-electron chi connectivity index (χ0n) is 17.8. The van der Waals surface area contributed by atoms with Crippen LogP contribution in [0.2, 0.25) is 15.1 Å². The molecule has 4 rings (SSSR count). The molecule has 1 aliphatic rings. The molecule has 34 heavy (non-hydrogen) atoms. The molecule has 1 aliphatic heterocycles. The highest BCUT2D eigenvalue weighted by Gasteiger charge is 2.37. The Balaban J connectivity index is 1.72. The number of imide groups is 2. The van der Waals surface area contributed by atoms with Gasteiger partial charge in [0.2, 0.25) is 0 Å². The summed E-state index contributed by atoms with van der Waals surface area (Å²) >= 11 is 18.8. The van der Waals surface area contributed by atoms with Gasteiger partial charge in [0, 0.05) is 27.1 Å². The first-order valence-electron chi connectivity index (χ1n) is 10.1. The highest BCUT2D eigenvalue weighted by atomic mass is 35.5. The highest BCUT2D eigenvalue weighted by molar-refractivity contribution is 6.39. The number of carbonyl (C=O) groups excluding carboxylic acids is 3. The minimum Gasteiger partial charge on any atom is -0.496 e. The molecule has 172 valence electrons. The van der Waals surface area contributed by atoms with E-state index < -0.39 is 17.8 Å². The molecule has 3 aromatic rings. The first-order chi connectivity index (χ1) is 16.3. The molecule has 0 bridgehead atoms. The Morgan fingerprint density at radius 2 is 1.71 bits per heavy atom. The van der Waals surface area contributed by atoms with Gasteiger partial charge in [-0.05, 0) is 53.6 Å². The van der Waals surface area contributed by atoms with Crippen molar-refractivity contribution in [2.45, 2.75) is 6.42 Å². The second-order valence-electron chi connectivity index (χ2n) is 7.39. The molecule has 6 nitrogen and oxygen atoms in total. The van der Waals surface area contributed by atoms with Crippen molar-refractivity contribution >= 4 is 64.4 Å². The van der Waals surface area contributed by atoms with Gasteiger partial charge in [0.25, 0.3) is 11.8 Å². The van der Waals surface area contributed by atoms with E-state index in [1.165, 1.54) is 19.3 Å². The van der Waals surface area contributed by atoms with Crippen molar-refractivity contribution in [3.63, 3.8) is 0 Å². The van der Waals surface area contributed by atoms with Crippen molar-refractivity contribution in [1.82, 2.24) is 5.32 Å². The molecule has 0 radical (unpaired) electrons. The van der Waals surface area contributed by atoms with Crippen LogP contribution in [-0.2, 0) is 16.0 Å². The minimum absolute atomic E-state index is 0.235. The van der Waals surface area contributed by atoms with E-state index in [4.69, 9.17) is 39.5 Å². The molecule has 1 heterocycles. The summed E-state index contributed by atoms with van der Waals surface area (Å²) in [7, 11) is 1.50. The SMILES string of the molecule is COc1cc(/C=C2\C(=O)NC(=O)N(c3cccc(Cl)c3)C2=O)cc(Cl)c1Cc1ccccc1Cl. The van der Waals surface area contributed by atoms with Crippen molar-refractivity contribution in [2.75, 3.05) is 12.0 Å². The van der Waals surface area contributed by atoms with Gasteiger partial charge in [-0.2, -0.15) is 0 Å². The molecule has 1 saturated heterocycles. The fraction of sp³-hybridized carbons (Fsp3) is 0.0800. The number of nitrogens with one attached hydrogen (secondary N) is 1. The van der Waals surface area contributed by atoms with Crippen LogP contribution in [0.25, 0.3) is 6.08 Å². The summed E-state index contributed by atoms with van der Waals surface area (Å²) in [4.78, 5) is 38.8. The molecular weight excluding hydrogens is 499 g/mol. The zero-order chi connectivity index (χ0) is 24.4. The van der Waals surface area contributed by atoms with Gasteiger partial charge in [0.05, 0.1) is 12.8 Å². The lowest BCUT2D eigenvalue weighted by Crippen LogP contribution is -2.54. The van der Waals surface area contributed by atoms with E-state index in [2.05, 4.69) is 5.32 Å². The van der Waals surface area contributed by atoms with Crippen LogP contribution in [0.5, 0.6) is 5.75 Å². The number of hydrogen-bond donors (Lipinski definition) is 1. The Bertz CT molecular complexity index is 1350. The first kappa shape index (κ1) is 23.8. The Hall–Kier alpha value is -3.32. The van der Waals surface area contributed by atoms with Gasteiger partial charge in [-0.3, -0.25) is 14.9 Å². The molecule has 0 aromatic heterocycles. The van der Waals surface area contributed by atoms with Gasteiger partial charge in [-0.25, -0.2) is 9.69 Å². The van der Waals surface area contributed by atoms with Crippen molar-refractivity contribution in [3.8, 4) is 5.75 Å². The third kappa shape index (κ3) is 4.80. The molecule has 1 fully saturated rings. The lowest BCUT2D eigenvalue weighted by Gasteiger charge is -2.26. The number of carbonyl (C=O) groups is 3. The van der Waals surface area contributed by atoms with Gasteiger partial charge in [-0.15, -0.1) is 0 Å². The summed E-state index contributed by atoms with van der Waals surface area (Å²) in [5.41, 5.74) is 2.02. The fourth-order valence-electron chi connectivity index (χ4n) is 3.57. The molecule has 0 atom stereocenters. The van der Waals surface area contributed by atoms with Crippen LogP contribution >= 0.6 is 34.8 Å². The molecule has 3 aromatic carbocycles. The molecule has 4 amide bonds. The van der Waals surface area contributed by atoms with Crippen molar-refractivity contribution in [2.24, 2.45) is 0 Å². The highest BCUT2D eigenvalue weighted by Crippen LogP contribution is 2.33. The maximum atomic E-state index is 13.1. The van der Waals surface area contributed by atoms with Gasteiger partial charge in [-0.1, -0.05) is 59.1 Å². The second-order valence-corrected chi connectivity index (χ2v) is 8.64. The standard InChI is InChI=1S/C25H17Cl3N2O4/c1-34-22-11-14(10-21(28)18(22)12-15-5-2-3-8-20(15)27)9-19-23(31)29-25(33)30(24(19)32)17-7-4-6-16(26)13-17/h2-11,13H,12H2,1H3,(H,29,31,33)/b19-9+. The molecule has 0 spiro atoms. The molecule has 1 N–H and O–H groups in total. The van der Waals surface area contributed by atoms with Crippen LogP contribution in [0.4, 0.5) is 10.5 Å². The number of methoxy groups -OCH3 is 1. The van der Waals surface area contributed by atoms with Gasteiger partial charge >= 0.3 is 6.03 Å². The Morgan fingerprint density at radius 1 is 0.941 bits per heavy atom. The number of barbiturate groups is 1. The van der Waals surface area contributed by atoms with Crippen molar-refractivity contribution < 1.29 is 19.1 Å². The summed E-state index contributed by atoms with van der Waals surface area (Å²) in [5.74, 6) is -1.14. The summed E-state index contributed by atoms with van der Waals surface area (Å²) in [6, 6.07) is 16.0. The number of nitrogens with zero attached hydrogens (tertiary/aromatic N) is 1. The summed E-state index contributed by atoms with van der Waals surface area (Å²) < 4.78 is 5.52. The predicted octanol–water partition coefficient (Wildman–Crippen LogP) is 5.91. The molecule has 0 unspecified atom stereocenters. The minimum atomic E-state index is -0.861. The number of urea groups is 1. The quantitative estimate of drug-likeness (QED) is 0.338. The number of rotatable bonds is 5. The normalized spacial score (nSPS) is 15.0. The first-order valence-corrected chi connectivity index (χ1v) is 11.2. The van der Waals surface area contributed by atoms with Crippen LogP contribution in [0.15, 0.2) is 66.2 Å². The Morgan fingerprint density at radius 3 is 2.41 bits per heavy atom. The monoisotopic (exact) mass is 514 g/mol. The van der Waals surface area contributed by atoms with E-state index in [0.29, 0.717) is 38.4 Å². The van der Waals surface area contributed by atoms with E-state index in [1.54, 1.807) is 36.4 Å². The van der Waals surface area contributed by atoms with Crippen LogP contribution in [0, 0.1) is 0 Å². The smallest absolute Gasteiger partial charge is 0.335 e. The van der Waals surface area contributed by atoms with Crippen molar-refractivity contribution in [1.29, 1.82) is 0 Å². The molecule has 0 aliphatic carbocycles. The van der Waals surface area contributed by atoms with Crippen LogP contribution < -0.4 is 15.0 Å². The Labute approximate surface area is 210 Å². The molecular formula is C25H17Cl3N2O4. The fourth-order valence-corrected chi connectivity index (χ4v) is 4.25. The number of ether oxygens (including phenoxy) is 1. The zero-order valence-corrected chi connectivity index (χ0v) is 20.0. The van der Waals surface area contributed by atoms with Crippen molar-refractivity contribution in [3.05, 3.63) is 98.0 Å². The van der Waals surface area contributed by atoms with Crippen LogP contribution in [-0.4, -0.2) is 25.0 Å². The van der Waals surface area contributed by atoms with E-state index >= 15 is 0 Å². The largest absolute Gasteiger partial charge is 0.496 e. The number of hydrogen-bond acceptors (Lipinski definition) is 4. The van der Waals surface area contributed by atoms with Crippen LogP contribution in [0.1, 0.15) is 16.7 Å². The van der Waals surface area contributed by atoms with Gasteiger partial charge < -0.3 is 4.74 Å². The van der Waals surface area contributed by atoms with E-state index in [-0.39, 0.29) is 11.3 Å². The van der Waals surface area contributed by atoms with E-state index in [9.17, 15) is 14.4 Å². The average Bonchev–Trinajstić information content (AvgIpc) is 2.79. The number of benzene rings is 3. The maximum Gasteiger partial charge on any atom is 0.335 e. The lowest BCUT2D eigenvalue weighted by molar-refractivity contribution is -0.122. The average molecular weight is 516 g/mol. The third-order valence-corrected chi connectivity index (χ3v) is 6.14. The topological polar surface area (TPSA) is 75.7 Å². The second kappa shape index (κ2) is 9.89. The van der Waals surface area contributed by atoms with Crippen LogP contribution in [0.3, 0.4) is 0 Å². The van der Waals surface area contributed by atoms with E-state index in [1.807, 2.05) is 18.2 Å².